The Kier molecular flexibility index (Phi) is 4.04. The second kappa shape index (κ2) is 5.53. The molecule has 0 radical (unpaired) electrons. The Morgan fingerprint density at radius 1 is 1.29 bits per heavy atom. The van der Waals surface area contributed by atoms with Gasteiger partial charge in [-0.25, -0.2) is 8.78 Å². The van der Waals surface area contributed by atoms with Crippen LogP contribution in [0.4, 0.5) is 8.78 Å². The summed E-state index contributed by atoms with van der Waals surface area (Å²) in [6.45, 7) is 1.55. The Balaban J connectivity index is 1.96. The maximum Gasteiger partial charge on any atom is 0.159 e. The summed E-state index contributed by atoms with van der Waals surface area (Å²) in [6, 6.07) is 3.52. The third kappa shape index (κ3) is 3.21. The first kappa shape index (κ1) is 12.4. The molecule has 1 heterocycles. The maximum absolute atomic E-state index is 13.0. The van der Waals surface area contributed by atoms with Gasteiger partial charge in [0.25, 0.3) is 0 Å². The lowest BCUT2D eigenvalue weighted by atomic mass is 10.0. The Morgan fingerprint density at radius 2 is 2.12 bits per heavy atom. The largest absolute Gasteiger partial charge is 0.376 e. The van der Waals surface area contributed by atoms with Gasteiger partial charge in [-0.1, -0.05) is 6.07 Å². The van der Waals surface area contributed by atoms with E-state index < -0.39 is 11.6 Å². The van der Waals surface area contributed by atoms with Crippen LogP contribution in [0.15, 0.2) is 18.2 Å². The quantitative estimate of drug-likeness (QED) is 0.869. The Bertz CT molecular complexity index is 381. The van der Waals surface area contributed by atoms with E-state index in [1.54, 1.807) is 0 Å². The summed E-state index contributed by atoms with van der Waals surface area (Å²) in [5.41, 5.74) is 6.61. The molecule has 0 aromatic heterocycles. The molecule has 5 heteroatoms. The summed E-state index contributed by atoms with van der Waals surface area (Å²) in [5, 5.41) is 0. The molecule has 1 fully saturated rings. The van der Waals surface area contributed by atoms with Crippen LogP contribution in [0.5, 0.6) is 0 Å². The molecule has 0 aliphatic carbocycles. The van der Waals surface area contributed by atoms with Crippen molar-refractivity contribution in [2.45, 2.75) is 18.6 Å². The lowest BCUT2D eigenvalue weighted by Crippen LogP contribution is -2.44. The molecular weight excluding hydrogens is 228 g/mol. The highest BCUT2D eigenvalue weighted by atomic mass is 19.2. The molecule has 17 heavy (non-hydrogen) atoms. The molecule has 1 aromatic rings. The molecule has 0 amide bonds. The normalized spacial score (nSPS) is 22.4. The fourth-order valence-corrected chi connectivity index (χ4v) is 1.82. The van der Waals surface area contributed by atoms with Crippen molar-refractivity contribution in [3.63, 3.8) is 0 Å². The second-order valence-corrected chi connectivity index (χ2v) is 4.10. The molecule has 3 nitrogen and oxygen atoms in total. The number of halogens is 2. The molecule has 1 aliphatic rings. The van der Waals surface area contributed by atoms with Gasteiger partial charge in [0.15, 0.2) is 11.6 Å². The zero-order valence-corrected chi connectivity index (χ0v) is 9.36. The Hall–Kier alpha value is -1.04. The molecular formula is C12H15F2NO2. The minimum Gasteiger partial charge on any atom is -0.376 e. The molecule has 0 bridgehead atoms. The summed E-state index contributed by atoms with van der Waals surface area (Å²) >= 11 is 0. The van der Waals surface area contributed by atoms with E-state index in [1.807, 2.05) is 0 Å². The number of nitrogens with two attached hydrogens (primary N) is 1. The van der Waals surface area contributed by atoms with E-state index in [9.17, 15) is 8.78 Å². The van der Waals surface area contributed by atoms with Crippen LogP contribution in [0, 0.1) is 11.6 Å². The van der Waals surface area contributed by atoms with Crippen LogP contribution < -0.4 is 5.73 Å². The molecule has 2 N–H and O–H groups in total. The summed E-state index contributed by atoms with van der Waals surface area (Å²) in [5.74, 6) is -1.70. The van der Waals surface area contributed by atoms with Crippen LogP contribution in [0.3, 0.4) is 0 Å². The average molecular weight is 243 g/mol. The minimum atomic E-state index is -0.851. The van der Waals surface area contributed by atoms with Crippen LogP contribution in [-0.4, -0.2) is 32.0 Å². The molecule has 2 unspecified atom stereocenters. The lowest BCUT2D eigenvalue weighted by molar-refractivity contribution is -0.0967. The van der Waals surface area contributed by atoms with Crippen molar-refractivity contribution >= 4 is 0 Å². The van der Waals surface area contributed by atoms with Gasteiger partial charge in [-0.3, -0.25) is 0 Å². The van der Waals surface area contributed by atoms with E-state index in [4.69, 9.17) is 15.2 Å². The van der Waals surface area contributed by atoms with Gasteiger partial charge < -0.3 is 15.2 Å². The predicted molar refractivity (Wildman–Crippen MR) is 58.6 cm³/mol. The molecule has 0 spiro atoms. The monoisotopic (exact) mass is 243 g/mol. The van der Waals surface area contributed by atoms with Crippen molar-refractivity contribution in [3.8, 4) is 0 Å². The Labute approximate surface area is 98.5 Å². The highest BCUT2D eigenvalue weighted by Crippen LogP contribution is 2.13. The first-order valence-corrected chi connectivity index (χ1v) is 5.55. The van der Waals surface area contributed by atoms with Crippen molar-refractivity contribution in [2.24, 2.45) is 5.73 Å². The topological polar surface area (TPSA) is 44.5 Å². The van der Waals surface area contributed by atoms with Crippen molar-refractivity contribution in [1.29, 1.82) is 0 Å². The fourth-order valence-electron chi connectivity index (χ4n) is 1.82. The summed E-state index contributed by atoms with van der Waals surface area (Å²) in [6.07, 6.45) is 0.252. The number of rotatable bonds is 3. The number of ether oxygens (including phenoxy) is 2. The second-order valence-electron chi connectivity index (χ2n) is 4.10. The fraction of sp³-hybridized carbons (Fsp3) is 0.500. The summed E-state index contributed by atoms with van der Waals surface area (Å²) < 4.78 is 36.4. The number of hydrogen-bond acceptors (Lipinski definition) is 3. The molecule has 94 valence electrons. The molecule has 1 aromatic carbocycles. The molecule has 2 atom stereocenters. The van der Waals surface area contributed by atoms with Gasteiger partial charge in [-0.05, 0) is 24.1 Å². The Morgan fingerprint density at radius 3 is 2.76 bits per heavy atom. The van der Waals surface area contributed by atoms with Crippen LogP contribution in [0.1, 0.15) is 5.56 Å². The van der Waals surface area contributed by atoms with Gasteiger partial charge in [-0.2, -0.15) is 0 Å². The zero-order valence-electron chi connectivity index (χ0n) is 9.36. The van der Waals surface area contributed by atoms with Crippen molar-refractivity contribution in [3.05, 3.63) is 35.4 Å². The van der Waals surface area contributed by atoms with Crippen LogP contribution in [-0.2, 0) is 15.9 Å². The first-order chi connectivity index (χ1) is 8.16. The van der Waals surface area contributed by atoms with Gasteiger partial charge in [0.2, 0.25) is 0 Å². The van der Waals surface area contributed by atoms with Gasteiger partial charge in [-0.15, -0.1) is 0 Å². The number of hydrogen-bond donors (Lipinski definition) is 1. The standard InChI is InChI=1S/C12H15F2NO2/c13-9-2-1-8(5-10(9)14)6-11(15)12-7-16-3-4-17-12/h1-2,5,11-12H,3-4,6-7,15H2. The predicted octanol–water partition coefficient (Wildman–Crippen LogP) is 1.25. The molecule has 0 saturated carbocycles. The highest BCUT2D eigenvalue weighted by Gasteiger charge is 2.22. The van der Waals surface area contributed by atoms with Crippen molar-refractivity contribution in [2.75, 3.05) is 19.8 Å². The van der Waals surface area contributed by atoms with E-state index in [0.717, 1.165) is 6.07 Å². The van der Waals surface area contributed by atoms with Gasteiger partial charge in [0, 0.05) is 6.04 Å². The summed E-state index contributed by atoms with van der Waals surface area (Å²) in [4.78, 5) is 0. The molecule has 1 aliphatic heterocycles. The van der Waals surface area contributed by atoms with E-state index >= 15 is 0 Å². The third-order valence-corrected chi connectivity index (χ3v) is 2.77. The zero-order chi connectivity index (χ0) is 12.3. The number of benzene rings is 1. The smallest absolute Gasteiger partial charge is 0.159 e. The SMILES string of the molecule is NC(Cc1ccc(F)c(F)c1)C1COCCO1. The van der Waals surface area contributed by atoms with E-state index in [2.05, 4.69) is 0 Å². The van der Waals surface area contributed by atoms with E-state index in [0.29, 0.717) is 31.8 Å². The third-order valence-electron chi connectivity index (χ3n) is 2.77. The van der Waals surface area contributed by atoms with Crippen molar-refractivity contribution < 1.29 is 18.3 Å². The minimum absolute atomic E-state index is 0.183. The van der Waals surface area contributed by atoms with Crippen LogP contribution in [0.25, 0.3) is 0 Å². The van der Waals surface area contributed by atoms with Gasteiger partial charge >= 0.3 is 0 Å². The molecule has 1 saturated heterocycles. The van der Waals surface area contributed by atoms with Gasteiger partial charge in [0.1, 0.15) is 0 Å². The maximum atomic E-state index is 13.0. The average Bonchev–Trinajstić information content (AvgIpc) is 2.35. The van der Waals surface area contributed by atoms with Gasteiger partial charge in [0.05, 0.1) is 25.9 Å². The highest BCUT2D eigenvalue weighted by molar-refractivity contribution is 5.19. The van der Waals surface area contributed by atoms with E-state index in [-0.39, 0.29) is 12.1 Å². The van der Waals surface area contributed by atoms with E-state index in [1.165, 1.54) is 12.1 Å². The van der Waals surface area contributed by atoms with Crippen molar-refractivity contribution in [1.82, 2.24) is 0 Å². The molecule has 2 rings (SSSR count). The lowest BCUT2D eigenvalue weighted by Gasteiger charge is -2.28. The first-order valence-electron chi connectivity index (χ1n) is 5.55. The van der Waals surface area contributed by atoms with Crippen LogP contribution in [0.2, 0.25) is 0 Å². The summed E-state index contributed by atoms with van der Waals surface area (Å²) in [7, 11) is 0. The van der Waals surface area contributed by atoms with Crippen LogP contribution >= 0.6 is 0 Å².